The summed E-state index contributed by atoms with van der Waals surface area (Å²) < 4.78 is 16.9. The lowest BCUT2D eigenvalue weighted by Crippen LogP contribution is -2.63. The number of likely N-dealkylation sites (N-methyl/N-ethyl adjacent to an activating group) is 1. The minimum atomic E-state index is -1.21. The van der Waals surface area contributed by atoms with Crippen molar-refractivity contribution in [2.45, 2.75) is 83.4 Å². The second-order valence-electron chi connectivity index (χ2n) is 12.6. The Bertz CT molecular complexity index is 1060. The van der Waals surface area contributed by atoms with Gasteiger partial charge < -0.3 is 34.4 Å². The van der Waals surface area contributed by atoms with E-state index in [1.807, 2.05) is 25.1 Å². The van der Waals surface area contributed by atoms with Crippen molar-refractivity contribution in [3.63, 3.8) is 0 Å². The molecular weight excluding hydrogens is 518 g/mol. The lowest BCUT2D eigenvalue weighted by atomic mass is 9.46. The van der Waals surface area contributed by atoms with E-state index < -0.39 is 42.3 Å². The molecule has 4 aliphatic carbocycles. The van der Waals surface area contributed by atoms with Gasteiger partial charge >= 0.3 is 6.16 Å². The Balaban J connectivity index is 0.000000357. The third-order valence-electron chi connectivity index (χ3n) is 10.1. The molecule has 0 spiro atoms. The number of carboxylic acid groups (broad SMARTS) is 1. The van der Waals surface area contributed by atoms with Gasteiger partial charge in [-0.25, -0.2) is 4.79 Å². The topological polar surface area (TPSA) is 143 Å². The largest absolute Gasteiger partial charge is 0.505 e. The lowest BCUT2D eigenvalue weighted by molar-refractivity contribution is -0.200. The van der Waals surface area contributed by atoms with Crippen LogP contribution in [0.5, 0.6) is 0 Å². The molecule has 40 heavy (non-hydrogen) atoms. The van der Waals surface area contributed by atoms with E-state index in [4.69, 9.17) is 14.6 Å². The zero-order valence-electron chi connectivity index (χ0n) is 24.3. The minimum absolute atomic E-state index is 0.0125. The zero-order valence-corrected chi connectivity index (χ0v) is 24.3. The maximum atomic E-state index is 13.2. The minimum Gasteiger partial charge on any atom is -0.450 e. The van der Waals surface area contributed by atoms with Crippen molar-refractivity contribution >= 4 is 17.7 Å². The predicted octanol–water partition coefficient (Wildman–Crippen LogP) is 2.96. The van der Waals surface area contributed by atoms with E-state index in [1.165, 1.54) is 0 Å². The summed E-state index contributed by atoms with van der Waals surface area (Å²) in [6, 6.07) is 0. The molecule has 3 saturated carbocycles. The van der Waals surface area contributed by atoms with Crippen LogP contribution in [0.1, 0.15) is 59.3 Å². The molecule has 9 atom stereocenters. The van der Waals surface area contributed by atoms with E-state index in [0.717, 1.165) is 24.8 Å². The van der Waals surface area contributed by atoms with Crippen LogP contribution < -0.4 is 0 Å². The van der Waals surface area contributed by atoms with Crippen molar-refractivity contribution in [3.8, 4) is 0 Å². The van der Waals surface area contributed by atoms with Crippen LogP contribution in [-0.2, 0) is 23.8 Å². The van der Waals surface area contributed by atoms with Gasteiger partial charge in [-0.2, -0.15) is 0 Å². The number of aliphatic hydroxyl groups excluding tert-OH is 2. The number of carbonyl (C=O) groups is 3. The summed E-state index contributed by atoms with van der Waals surface area (Å²) in [6.07, 6.45) is 7.10. The molecule has 1 heterocycles. The number of ether oxygens (including phenoxy) is 3. The molecule has 224 valence electrons. The Labute approximate surface area is 236 Å². The number of ketones is 2. The lowest BCUT2D eigenvalue weighted by Gasteiger charge is -2.59. The smallest absolute Gasteiger partial charge is 0.450 e. The molecule has 1 aliphatic heterocycles. The van der Waals surface area contributed by atoms with Gasteiger partial charge in [0.1, 0.15) is 13.2 Å². The van der Waals surface area contributed by atoms with Crippen molar-refractivity contribution in [3.05, 3.63) is 23.8 Å². The predicted molar refractivity (Wildman–Crippen MR) is 145 cm³/mol. The van der Waals surface area contributed by atoms with Gasteiger partial charge in [0.15, 0.2) is 23.5 Å². The highest BCUT2D eigenvalue weighted by Crippen LogP contribution is 2.69. The molecule has 0 amide bonds. The molecule has 10 heteroatoms. The molecular formula is C30H45NO9. The maximum absolute atomic E-state index is 13.2. The normalized spacial score (nSPS) is 41.2. The van der Waals surface area contributed by atoms with E-state index in [-0.39, 0.29) is 41.3 Å². The van der Waals surface area contributed by atoms with Crippen LogP contribution in [0.15, 0.2) is 23.8 Å². The summed E-state index contributed by atoms with van der Waals surface area (Å²) in [6.45, 7) is 6.54. The summed E-state index contributed by atoms with van der Waals surface area (Å²) in [4.78, 5) is 36.8. The summed E-state index contributed by atoms with van der Waals surface area (Å²) in [5.41, 5.74) is -1.05. The van der Waals surface area contributed by atoms with Gasteiger partial charge in [-0.1, -0.05) is 38.8 Å². The van der Waals surface area contributed by atoms with Crippen LogP contribution in [-0.4, -0.2) is 95.9 Å². The molecule has 3 N–H and O–H groups in total. The average molecular weight is 564 g/mol. The first kappa shape index (κ1) is 30.8. The van der Waals surface area contributed by atoms with Gasteiger partial charge in [0.2, 0.25) is 0 Å². The third-order valence-corrected chi connectivity index (χ3v) is 10.1. The standard InChI is InChI=1S/C25H34O6.C5H11NO3/c1-4-5-21-30-20-11-17-16-7-6-14-10-15(27)8-9-23(14,2)22(16)18(28)12-24(17,3)25(20,31-21)19(29)13-26;1-6(2)3-4-9-5(7)8/h8-10,16-18,20-22,26,28H,4-7,11-13H2,1-3H3;3-4H2,1-2H3,(H,7,8)/t16-,17-,18-,20+,21+,22+,23-,24-,25+;/m0./s1. The van der Waals surface area contributed by atoms with Gasteiger partial charge in [0.05, 0.1) is 12.2 Å². The molecule has 0 radical (unpaired) electrons. The number of fused-ring (bicyclic) bond motifs is 7. The molecule has 4 fully saturated rings. The number of hydrogen-bond acceptors (Lipinski definition) is 9. The number of rotatable bonds is 7. The van der Waals surface area contributed by atoms with Crippen LogP contribution in [0, 0.1) is 28.6 Å². The van der Waals surface area contributed by atoms with Crippen molar-refractivity contribution in [2.24, 2.45) is 28.6 Å². The first-order valence-electron chi connectivity index (χ1n) is 14.4. The molecule has 1 saturated heterocycles. The second kappa shape index (κ2) is 11.6. The number of aliphatic hydroxyl groups is 2. The Morgan fingerprint density at radius 2 is 1.98 bits per heavy atom. The Kier molecular flexibility index (Phi) is 8.98. The summed E-state index contributed by atoms with van der Waals surface area (Å²) in [7, 11) is 3.70. The highest BCUT2D eigenvalue weighted by Gasteiger charge is 2.75. The number of carbonyl (C=O) groups excluding carboxylic acids is 2. The zero-order chi connectivity index (χ0) is 29.5. The summed E-state index contributed by atoms with van der Waals surface area (Å²) in [5, 5.41) is 29.4. The van der Waals surface area contributed by atoms with Gasteiger partial charge in [0.25, 0.3) is 0 Å². The Hall–Kier alpha value is -2.11. The Morgan fingerprint density at radius 1 is 1.25 bits per heavy atom. The molecule has 5 rings (SSSR count). The van der Waals surface area contributed by atoms with E-state index in [1.54, 1.807) is 12.2 Å². The van der Waals surface area contributed by atoms with Crippen LogP contribution >= 0.6 is 0 Å². The van der Waals surface area contributed by atoms with E-state index in [9.17, 15) is 24.6 Å². The van der Waals surface area contributed by atoms with Crippen LogP contribution in [0.25, 0.3) is 0 Å². The SMILES string of the molecule is CCC[C@@H]1O[C@@H]2C[C@H]3[C@@H]4CCC5=CC(=O)C=C[C@]5(C)[C@H]4[C@@H](O)C[C@]3(C)[C@]2(C(=O)CO)O1.CN(C)CCOC(=O)O. The van der Waals surface area contributed by atoms with Crippen LogP contribution in [0.3, 0.4) is 0 Å². The van der Waals surface area contributed by atoms with Crippen molar-refractivity contribution in [1.82, 2.24) is 4.90 Å². The number of nitrogens with zero attached hydrogens (tertiary/aromatic N) is 1. The summed E-state index contributed by atoms with van der Waals surface area (Å²) >= 11 is 0. The first-order valence-corrected chi connectivity index (χ1v) is 14.4. The average Bonchev–Trinajstić information content (AvgIpc) is 3.36. The van der Waals surface area contributed by atoms with Gasteiger partial charge in [-0.15, -0.1) is 0 Å². The number of hydrogen-bond donors (Lipinski definition) is 3. The molecule has 0 aromatic heterocycles. The summed E-state index contributed by atoms with van der Waals surface area (Å²) in [5.74, 6) is 0.0274. The number of allylic oxidation sites excluding steroid dienone is 4. The highest BCUT2D eigenvalue weighted by atomic mass is 16.7. The Morgan fingerprint density at radius 3 is 2.60 bits per heavy atom. The second-order valence-corrected chi connectivity index (χ2v) is 12.6. The molecule has 0 aromatic rings. The maximum Gasteiger partial charge on any atom is 0.505 e. The fourth-order valence-corrected chi connectivity index (χ4v) is 8.44. The molecule has 5 aliphatic rings. The molecule has 10 nitrogen and oxygen atoms in total. The first-order chi connectivity index (χ1) is 18.8. The van der Waals surface area contributed by atoms with E-state index in [2.05, 4.69) is 25.5 Å². The van der Waals surface area contributed by atoms with Crippen molar-refractivity contribution < 1.29 is 43.9 Å². The fourth-order valence-electron chi connectivity index (χ4n) is 8.44. The van der Waals surface area contributed by atoms with E-state index in [0.29, 0.717) is 25.8 Å². The fraction of sp³-hybridized carbons (Fsp3) is 0.767. The van der Waals surface area contributed by atoms with Crippen LogP contribution in [0.2, 0.25) is 0 Å². The van der Waals surface area contributed by atoms with Gasteiger partial charge in [-0.05, 0) is 70.2 Å². The third kappa shape index (κ3) is 5.06. The quantitative estimate of drug-likeness (QED) is 0.396. The van der Waals surface area contributed by atoms with Crippen molar-refractivity contribution in [1.29, 1.82) is 0 Å². The monoisotopic (exact) mass is 563 g/mol. The molecule has 0 bridgehead atoms. The number of Topliss-reactive ketones (excluding diaryl/α,β-unsaturated/α-hetero) is 1. The van der Waals surface area contributed by atoms with Crippen molar-refractivity contribution in [2.75, 3.05) is 33.9 Å². The van der Waals surface area contributed by atoms with Gasteiger partial charge in [0, 0.05) is 23.3 Å². The highest BCUT2D eigenvalue weighted by molar-refractivity contribution is 6.01. The molecule has 0 unspecified atom stereocenters. The van der Waals surface area contributed by atoms with Gasteiger partial charge in [-0.3, -0.25) is 9.59 Å². The molecule has 0 aromatic carbocycles. The van der Waals surface area contributed by atoms with Crippen LogP contribution in [0.4, 0.5) is 4.79 Å². The van der Waals surface area contributed by atoms with E-state index >= 15 is 0 Å².